The molecule has 0 aliphatic carbocycles. The van der Waals surface area contributed by atoms with Crippen LogP contribution in [-0.4, -0.2) is 19.6 Å². The molecule has 0 aromatic carbocycles. The Labute approximate surface area is 101 Å². The summed E-state index contributed by atoms with van der Waals surface area (Å²) >= 11 is 0. The lowest BCUT2D eigenvalue weighted by Gasteiger charge is -2.01. The van der Waals surface area contributed by atoms with Crippen LogP contribution >= 0.6 is 0 Å². The zero-order valence-corrected chi connectivity index (χ0v) is 9.44. The van der Waals surface area contributed by atoms with Crippen molar-refractivity contribution in [3.8, 4) is 11.5 Å². The summed E-state index contributed by atoms with van der Waals surface area (Å²) in [7, 11) is 1.47. The van der Waals surface area contributed by atoms with E-state index in [4.69, 9.17) is 5.11 Å². The van der Waals surface area contributed by atoms with Crippen molar-refractivity contribution < 1.29 is 18.3 Å². The van der Waals surface area contributed by atoms with Gasteiger partial charge in [-0.05, 0) is 11.6 Å². The minimum Gasteiger partial charge on any atom is -0.392 e. The summed E-state index contributed by atoms with van der Waals surface area (Å²) < 4.78 is 38.7. The summed E-state index contributed by atoms with van der Waals surface area (Å²) in [5.74, 6) is 0.131. The van der Waals surface area contributed by atoms with Gasteiger partial charge in [0.05, 0.1) is 6.61 Å². The van der Waals surface area contributed by atoms with E-state index in [9.17, 15) is 13.2 Å². The predicted octanol–water partition coefficient (Wildman–Crippen LogP) is 1.99. The molecule has 0 saturated heterocycles. The van der Waals surface area contributed by atoms with Crippen molar-refractivity contribution >= 4 is 0 Å². The molecule has 96 valence electrons. The van der Waals surface area contributed by atoms with Gasteiger partial charge in [-0.1, -0.05) is 6.07 Å². The van der Waals surface area contributed by atoms with E-state index >= 15 is 0 Å². The van der Waals surface area contributed by atoms with Crippen LogP contribution in [0.4, 0.5) is 13.2 Å². The summed E-state index contributed by atoms with van der Waals surface area (Å²) in [4.78, 5) is 7.49. The topological polar surface area (TPSA) is 50.9 Å². The zero-order valence-electron chi connectivity index (χ0n) is 9.44. The quantitative estimate of drug-likeness (QED) is 0.895. The van der Waals surface area contributed by atoms with Crippen LogP contribution in [-0.2, 0) is 19.8 Å². The molecule has 0 spiro atoms. The van der Waals surface area contributed by atoms with E-state index in [1.165, 1.54) is 23.9 Å². The number of imidazole rings is 1. The van der Waals surface area contributed by atoms with Gasteiger partial charge < -0.3 is 9.67 Å². The Morgan fingerprint density at radius 3 is 2.50 bits per heavy atom. The fourth-order valence-electron chi connectivity index (χ4n) is 1.49. The van der Waals surface area contributed by atoms with E-state index in [0.29, 0.717) is 11.3 Å². The van der Waals surface area contributed by atoms with E-state index in [0.717, 1.165) is 6.20 Å². The highest BCUT2D eigenvalue weighted by molar-refractivity contribution is 5.50. The molecule has 0 amide bonds. The Kier molecular flexibility index (Phi) is 3.08. The molecule has 7 heteroatoms. The molecule has 0 fully saturated rings. The predicted molar refractivity (Wildman–Crippen MR) is 57.4 cm³/mol. The van der Waals surface area contributed by atoms with Gasteiger partial charge >= 0.3 is 6.18 Å². The number of nitrogens with zero attached hydrogens (tertiary/aromatic N) is 3. The highest BCUT2D eigenvalue weighted by Gasteiger charge is 2.34. The number of aromatic nitrogens is 3. The molecule has 0 unspecified atom stereocenters. The van der Waals surface area contributed by atoms with Gasteiger partial charge in [-0.2, -0.15) is 13.2 Å². The molecular formula is C11H10F3N3O. The highest BCUT2D eigenvalue weighted by Crippen LogP contribution is 2.30. The van der Waals surface area contributed by atoms with E-state index in [1.54, 1.807) is 6.07 Å². The number of halogens is 3. The standard InChI is InChI=1S/C11H10F3N3O/c1-17-5-9(11(12,13)14)16-10(17)8-3-2-7(6-18)4-15-8/h2-5,18H,6H2,1H3. The largest absolute Gasteiger partial charge is 0.434 e. The number of hydrogen-bond acceptors (Lipinski definition) is 3. The monoisotopic (exact) mass is 257 g/mol. The van der Waals surface area contributed by atoms with Crippen molar-refractivity contribution in [3.63, 3.8) is 0 Å². The molecule has 1 N–H and O–H groups in total. The first kappa shape index (κ1) is 12.6. The van der Waals surface area contributed by atoms with Gasteiger partial charge in [0.15, 0.2) is 11.5 Å². The van der Waals surface area contributed by atoms with Gasteiger partial charge in [-0.25, -0.2) is 4.98 Å². The number of alkyl halides is 3. The lowest BCUT2D eigenvalue weighted by Crippen LogP contribution is -2.05. The molecule has 18 heavy (non-hydrogen) atoms. The molecule has 0 bridgehead atoms. The van der Waals surface area contributed by atoms with Crippen molar-refractivity contribution in [3.05, 3.63) is 35.8 Å². The fraction of sp³-hybridized carbons (Fsp3) is 0.273. The first-order valence-electron chi connectivity index (χ1n) is 5.08. The molecule has 2 aromatic rings. The van der Waals surface area contributed by atoms with E-state index < -0.39 is 11.9 Å². The van der Waals surface area contributed by atoms with Gasteiger partial charge in [0, 0.05) is 19.4 Å². The summed E-state index contributed by atoms with van der Waals surface area (Å²) in [6, 6.07) is 3.11. The molecule has 2 heterocycles. The van der Waals surface area contributed by atoms with Crippen LogP contribution in [0.2, 0.25) is 0 Å². The van der Waals surface area contributed by atoms with Gasteiger partial charge in [0.1, 0.15) is 5.69 Å². The molecule has 0 aliphatic heterocycles. The third kappa shape index (κ3) is 2.35. The van der Waals surface area contributed by atoms with E-state index in [1.807, 2.05) is 0 Å². The second kappa shape index (κ2) is 4.41. The number of aliphatic hydroxyl groups excluding tert-OH is 1. The first-order chi connectivity index (χ1) is 8.41. The first-order valence-corrected chi connectivity index (χ1v) is 5.08. The summed E-state index contributed by atoms with van der Waals surface area (Å²) in [5, 5.41) is 8.85. The Hall–Kier alpha value is -1.89. The summed E-state index contributed by atoms with van der Waals surface area (Å²) in [6.07, 6.45) is -2.16. The van der Waals surface area contributed by atoms with Crippen LogP contribution < -0.4 is 0 Å². The summed E-state index contributed by atoms with van der Waals surface area (Å²) in [6.45, 7) is -0.165. The number of aliphatic hydroxyl groups is 1. The van der Waals surface area contributed by atoms with Crippen molar-refractivity contribution in [2.24, 2.45) is 7.05 Å². The second-order valence-electron chi connectivity index (χ2n) is 3.77. The van der Waals surface area contributed by atoms with Gasteiger partial charge in [-0.15, -0.1) is 0 Å². The molecule has 2 aromatic heterocycles. The zero-order chi connectivity index (χ0) is 13.3. The molecule has 0 aliphatic rings. The maximum atomic E-state index is 12.5. The Morgan fingerprint density at radius 2 is 2.06 bits per heavy atom. The van der Waals surface area contributed by atoms with Crippen molar-refractivity contribution in [1.82, 2.24) is 14.5 Å². The van der Waals surface area contributed by atoms with Gasteiger partial charge in [0.25, 0.3) is 0 Å². The lowest BCUT2D eigenvalue weighted by atomic mass is 10.2. The second-order valence-corrected chi connectivity index (χ2v) is 3.77. The Bertz CT molecular complexity index is 546. The number of pyridine rings is 1. The minimum atomic E-state index is -4.47. The van der Waals surface area contributed by atoms with Crippen LogP contribution in [0.15, 0.2) is 24.5 Å². The molecule has 0 radical (unpaired) electrons. The minimum absolute atomic E-state index is 0.131. The smallest absolute Gasteiger partial charge is 0.392 e. The maximum absolute atomic E-state index is 12.5. The third-order valence-corrected chi connectivity index (χ3v) is 2.40. The molecule has 0 saturated carbocycles. The Morgan fingerprint density at radius 1 is 1.33 bits per heavy atom. The SMILES string of the molecule is Cn1cc(C(F)(F)F)nc1-c1ccc(CO)cn1. The van der Waals surface area contributed by atoms with Gasteiger partial charge in [0.2, 0.25) is 0 Å². The number of aryl methyl sites for hydroxylation is 1. The van der Waals surface area contributed by atoms with Crippen molar-refractivity contribution in [2.75, 3.05) is 0 Å². The van der Waals surface area contributed by atoms with Crippen LogP contribution in [0.25, 0.3) is 11.5 Å². The molecule has 0 atom stereocenters. The molecular weight excluding hydrogens is 247 g/mol. The molecule has 4 nitrogen and oxygen atoms in total. The molecule has 2 rings (SSSR count). The van der Waals surface area contributed by atoms with E-state index in [-0.39, 0.29) is 12.4 Å². The lowest BCUT2D eigenvalue weighted by molar-refractivity contribution is -0.140. The number of rotatable bonds is 2. The van der Waals surface area contributed by atoms with Crippen LogP contribution in [0.1, 0.15) is 11.3 Å². The van der Waals surface area contributed by atoms with E-state index in [2.05, 4.69) is 9.97 Å². The van der Waals surface area contributed by atoms with Crippen LogP contribution in [0, 0.1) is 0 Å². The number of hydrogen-bond donors (Lipinski definition) is 1. The maximum Gasteiger partial charge on any atom is 0.434 e. The average Bonchev–Trinajstić information content (AvgIpc) is 2.71. The van der Waals surface area contributed by atoms with Crippen molar-refractivity contribution in [1.29, 1.82) is 0 Å². The van der Waals surface area contributed by atoms with Crippen LogP contribution in [0.3, 0.4) is 0 Å². The van der Waals surface area contributed by atoms with Crippen LogP contribution in [0.5, 0.6) is 0 Å². The van der Waals surface area contributed by atoms with Crippen molar-refractivity contribution in [2.45, 2.75) is 12.8 Å². The third-order valence-electron chi connectivity index (χ3n) is 2.40. The Balaban J connectivity index is 2.41. The highest BCUT2D eigenvalue weighted by atomic mass is 19.4. The average molecular weight is 257 g/mol. The fourth-order valence-corrected chi connectivity index (χ4v) is 1.49. The summed E-state index contributed by atoms with van der Waals surface area (Å²) in [5.41, 5.74) is -0.0396. The normalized spacial score (nSPS) is 11.8. The van der Waals surface area contributed by atoms with Gasteiger partial charge in [-0.3, -0.25) is 4.98 Å².